The largest absolute Gasteiger partial charge is 0.317 e. The number of hydrogen-bond donors (Lipinski definition) is 1. The van der Waals surface area contributed by atoms with Gasteiger partial charge in [-0.1, -0.05) is 54.6 Å². The van der Waals surface area contributed by atoms with Crippen LogP contribution in [0.3, 0.4) is 0 Å². The van der Waals surface area contributed by atoms with Crippen LogP contribution in [0.4, 0.5) is 0 Å². The minimum atomic E-state index is -0.585. The molecule has 0 radical (unpaired) electrons. The molecule has 1 atom stereocenters. The number of benzene rings is 2. The average Bonchev–Trinajstić information content (AvgIpc) is 2.39. The lowest BCUT2D eigenvalue weighted by atomic mass is 9.95. The fraction of sp³-hybridized carbons (Fsp3) is 0.133. The van der Waals surface area contributed by atoms with Gasteiger partial charge in [-0.25, -0.2) is 0 Å². The Morgan fingerprint density at radius 2 is 1.59 bits per heavy atom. The van der Waals surface area contributed by atoms with Gasteiger partial charge in [0, 0.05) is 5.56 Å². The molecule has 0 amide bonds. The summed E-state index contributed by atoms with van der Waals surface area (Å²) in [5, 5.41) is 0. The predicted octanol–water partition coefficient (Wildman–Crippen LogP) is 2.88. The van der Waals surface area contributed by atoms with Gasteiger partial charge in [-0.05, 0) is 18.1 Å². The second-order valence-electron chi connectivity index (χ2n) is 4.06. The number of hydrogen-bond acceptors (Lipinski definition) is 2. The average molecular weight is 225 g/mol. The zero-order valence-corrected chi connectivity index (χ0v) is 9.76. The normalized spacial score (nSPS) is 12.1. The Bertz CT molecular complexity index is 519. The van der Waals surface area contributed by atoms with Crippen molar-refractivity contribution in [2.75, 3.05) is 0 Å². The number of Topliss-reactive ketones (excluding diaryl/α,β-unsaturated/α-hetero) is 1. The Kier molecular flexibility index (Phi) is 3.35. The minimum Gasteiger partial charge on any atom is -0.317 e. The van der Waals surface area contributed by atoms with E-state index in [0.29, 0.717) is 5.56 Å². The second-order valence-corrected chi connectivity index (χ2v) is 4.06. The molecule has 2 aromatic carbocycles. The summed E-state index contributed by atoms with van der Waals surface area (Å²) in [6, 6.07) is 16.3. The number of nitrogens with two attached hydrogens (primary N) is 1. The molecule has 17 heavy (non-hydrogen) atoms. The van der Waals surface area contributed by atoms with E-state index in [4.69, 9.17) is 5.73 Å². The molecule has 2 nitrogen and oxygen atoms in total. The van der Waals surface area contributed by atoms with Crippen LogP contribution in [0.15, 0.2) is 54.6 Å². The first-order valence-electron chi connectivity index (χ1n) is 5.60. The van der Waals surface area contributed by atoms with Crippen LogP contribution >= 0.6 is 0 Å². The molecular weight excluding hydrogens is 210 g/mol. The molecule has 0 aliphatic carbocycles. The predicted molar refractivity (Wildman–Crippen MR) is 68.9 cm³/mol. The van der Waals surface area contributed by atoms with Crippen molar-refractivity contribution in [1.82, 2.24) is 0 Å². The first-order valence-corrected chi connectivity index (χ1v) is 5.60. The van der Waals surface area contributed by atoms with Gasteiger partial charge < -0.3 is 5.73 Å². The highest BCUT2D eigenvalue weighted by Crippen LogP contribution is 2.19. The van der Waals surface area contributed by atoms with Crippen LogP contribution in [-0.4, -0.2) is 5.78 Å². The summed E-state index contributed by atoms with van der Waals surface area (Å²) in [6.07, 6.45) is 0. The molecule has 0 aliphatic heterocycles. The summed E-state index contributed by atoms with van der Waals surface area (Å²) in [7, 11) is 0. The standard InChI is InChI=1S/C15H15NO/c1-11-7-5-6-10-13(11)14(16)15(17)12-8-3-2-4-9-12/h2-10,14H,16H2,1H3/t14-/m0/s1. The van der Waals surface area contributed by atoms with Crippen LogP contribution < -0.4 is 5.73 Å². The van der Waals surface area contributed by atoms with Gasteiger partial charge >= 0.3 is 0 Å². The van der Waals surface area contributed by atoms with E-state index < -0.39 is 6.04 Å². The first-order chi connectivity index (χ1) is 8.20. The third kappa shape index (κ3) is 2.43. The van der Waals surface area contributed by atoms with E-state index in [1.807, 2.05) is 49.4 Å². The quantitative estimate of drug-likeness (QED) is 0.816. The smallest absolute Gasteiger partial charge is 0.184 e. The summed E-state index contributed by atoms with van der Waals surface area (Å²) in [5.74, 6) is -0.0418. The third-order valence-corrected chi connectivity index (χ3v) is 2.86. The van der Waals surface area contributed by atoms with Crippen LogP contribution in [0.5, 0.6) is 0 Å². The van der Waals surface area contributed by atoms with Crippen molar-refractivity contribution in [2.45, 2.75) is 13.0 Å². The van der Waals surface area contributed by atoms with E-state index in [2.05, 4.69) is 0 Å². The molecule has 0 heterocycles. The van der Waals surface area contributed by atoms with Gasteiger partial charge in [0.2, 0.25) is 0 Å². The van der Waals surface area contributed by atoms with Gasteiger partial charge in [-0.15, -0.1) is 0 Å². The van der Waals surface area contributed by atoms with E-state index in [1.54, 1.807) is 12.1 Å². The summed E-state index contributed by atoms with van der Waals surface area (Å²) >= 11 is 0. The van der Waals surface area contributed by atoms with Gasteiger partial charge in [-0.2, -0.15) is 0 Å². The van der Waals surface area contributed by atoms with Crippen molar-refractivity contribution in [3.05, 3.63) is 71.3 Å². The summed E-state index contributed by atoms with van der Waals surface area (Å²) < 4.78 is 0. The molecule has 2 aromatic rings. The molecule has 0 saturated heterocycles. The molecule has 0 unspecified atom stereocenters. The maximum Gasteiger partial charge on any atom is 0.184 e. The Balaban J connectivity index is 2.30. The number of ketones is 1. The lowest BCUT2D eigenvalue weighted by molar-refractivity contribution is 0.0961. The number of rotatable bonds is 3. The number of carbonyl (C=O) groups is 1. The lowest BCUT2D eigenvalue weighted by Gasteiger charge is -2.13. The molecular formula is C15H15NO. The Morgan fingerprint density at radius 1 is 1.00 bits per heavy atom. The van der Waals surface area contributed by atoms with Gasteiger partial charge in [0.15, 0.2) is 5.78 Å². The van der Waals surface area contributed by atoms with Crippen molar-refractivity contribution in [2.24, 2.45) is 5.73 Å². The molecule has 0 aromatic heterocycles. The Morgan fingerprint density at radius 3 is 2.24 bits per heavy atom. The molecule has 0 fully saturated rings. The maximum absolute atomic E-state index is 12.2. The van der Waals surface area contributed by atoms with Crippen molar-refractivity contribution in [3.8, 4) is 0 Å². The second kappa shape index (κ2) is 4.93. The van der Waals surface area contributed by atoms with E-state index >= 15 is 0 Å². The van der Waals surface area contributed by atoms with E-state index in [-0.39, 0.29) is 5.78 Å². The van der Waals surface area contributed by atoms with Crippen LogP contribution in [0.1, 0.15) is 27.5 Å². The molecule has 2 rings (SSSR count). The highest BCUT2D eigenvalue weighted by atomic mass is 16.1. The van der Waals surface area contributed by atoms with Crippen molar-refractivity contribution < 1.29 is 4.79 Å². The van der Waals surface area contributed by atoms with Crippen LogP contribution in [0.25, 0.3) is 0 Å². The first kappa shape index (κ1) is 11.6. The van der Waals surface area contributed by atoms with E-state index in [1.165, 1.54) is 0 Å². The fourth-order valence-corrected chi connectivity index (χ4v) is 1.86. The minimum absolute atomic E-state index is 0.0418. The van der Waals surface area contributed by atoms with E-state index in [0.717, 1.165) is 11.1 Å². The lowest BCUT2D eigenvalue weighted by Crippen LogP contribution is -2.22. The third-order valence-electron chi connectivity index (χ3n) is 2.86. The molecule has 0 aliphatic rings. The SMILES string of the molecule is Cc1ccccc1[C@H](N)C(=O)c1ccccc1. The van der Waals surface area contributed by atoms with Gasteiger partial charge in [0.1, 0.15) is 0 Å². The zero-order valence-electron chi connectivity index (χ0n) is 9.76. The van der Waals surface area contributed by atoms with Crippen molar-refractivity contribution in [3.63, 3.8) is 0 Å². The Labute approximate surface area is 101 Å². The van der Waals surface area contributed by atoms with Gasteiger partial charge in [-0.3, -0.25) is 4.79 Å². The summed E-state index contributed by atoms with van der Waals surface area (Å²) in [5.41, 5.74) is 8.61. The monoisotopic (exact) mass is 225 g/mol. The van der Waals surface area contributed by atoms with Crippen LogP contribution in [0.2, 0.25) is 0 Å². The molecule has 2 N–H and O–H groups in total. The molecule has 2 heteroatoms. The molecule has 0 bridgehead atoms. The van der Waals surface area contributed by atoms with Gasteiger partial charge in [0.05, 0.1) is 6.04 Å². The van der Waals surface area contributed by atoms with Crippen molar-refractivity contribution >= 4 is 5.78 Å². The highest BCUT2D eigenvalue weighted by molar-refractivity contribution is 6.00. The van der Waals surface area contributed by atoms with E-state index in [9.17, 15) is 4.79 Å². The molecule has 0 spiro atoms. The Hall–Kier alpha value is -1.93. The number of carbonyl (C=O) groups excluding carboxylic acids is 1. The number of aryl methyl sites for hydroxylation is 1. The van der Waals surface area contributed by atoms with Crippen molar-refractivity contribution in [1.29, 1.82) is 0 Å². The molecule has 0 saturated carbocycles. The zero-order chi connectivity index (χ0) is 12.3. The van der Waals surface area contributed by atoms with Gasteiger partial charge in [0.25, 0.3) is 0 Å². The van der Waals surface area contributed by atoms with Crippen LogP contribution in [-0.2, 0) is 0 Å². The van der Waals surface area contributed by atoms with Crippen LogP contribution in [0, 0.1) is 6.92 Å². The topological polar surface area (TPSA) is 43.1 Å². The molecule has 86 valence electrons. The highest BCUT2D eigenvalue weighted by Gasteiger charge is 2.18. The summed E-state index contributed by atoms with van der Waals surface area (Å²) in [4.78, 5) is 12.2. The summed E-state index contributed by atoms with van der Waals surface area (Å²) in [6.45, 7) is 1.97. The maximum atomic E-state index is 12.2. The fourth-order valence-electron chi connectivity index (χ4n) is 1.86.